The number of hydrogen-bond acceptors (Lipinski definition) is 6. The van der Waals surface area contributed by atoms with Gasteiger partial charge in [0.05, 0.1) is 23.4 Å². The second kappa shape index (κ2) is 10.8. The molecule has 1 fully saturated rings. The van der Waals surface area contributed by atoms with Gasteiger partial charge in [0.15, 0.2) is 0 Å². The molecule has 30 heavy (non-hydrogen) atoms. The minimum absolute atomic E-state index is 0.137. The number of hydrogen-bond donors (Lipinski definition) is 2. The summed E-state index contributed by atoms with van der Waals surface area (Å²) in [6.45, 7) is 2.80. The van der Waals surface area contributed by atoms with E-state index in [1.54, 1.807) is 23.1 Å². The molecule has 2 aromatic rings. The van der Waals surface area contributed by atoms with Crippen LogP contribution >= 0.6 is 11.6 Å². The summed E-state index contributed by atoms with van der Waals surface area (Å²) in [4.78, 5) is 25.8. The fourth-order valence-electron chi connectivity index (χ4n) is 3.28. The molecule has 3 rings (SSSR count). The van der Waals surface area contributed by atoms with Crippen molar-refractivity contribution in [2.24, 2.45) is 0 Å². The number of ether oxygens (including phenoxy) is 2. The number of nitrogens with one attached hydrogen (secondary N) is 2. The average Bonchev–Trinajstić information content (AvgIpc) is 2.79. The van der Waals surface area contributed by atoms with Crippen LogP contribution in [-0.4, -0.2) is 56.3 Å². The Hall–Kier alpha value is -2.77. The molecule has 1 atom stereocenters. The average molecular weight is 432 g/mol. The van der Waals surface area contributed by atoms with Crippen molar-refractivity contribution in [1.82, 2.24) is 10.2 Å². The van der Waals surface area contributed by atoms with Crippen LogP contribution in [0.3, 0.4) is 0 Å². The van der Waals surface area contributed by atoms with Crippen LogP contribution in [0.25, 0.3) is 0 Å². The van der Waals surface area contributed by atoms with Crippen LogP contribution in [0.5, 0.6) is 0 Å². The third-order valence-electron chi connectivity index (χ3n) is 4.91. The van der Waals surface area contributed by atoms with Gasteiger partial charge in [-0.15, -0.1) is 0 Å². The highest BCUT2D eigenvalue weighted by Gasteiger charge is 2.24. The predicted molar refractivity (Wildman–Crippen MR) is 116 cm³/mol. The van der Waals surface area contributed by atoms with E-state index < -0.39 is 5.97 Å². The zero-order chi connectivity index (χ0) is 21.3. The van der Waals surface area contributed by atoms with E-state index in [9.17, 15) is 9.59 Å². The molecule has 0 aliphatic carbocycles. The van der Waals surface area contributed by atoms with Crippen LogP contribution in [0.4, 0.5) is 10.5 Å². The van der Waals surface area contributed by atoms with Crippen LogP contribution < -0.4 is 10.6 Å². The molecule has 2 aromatic carbocycles. The molecule has 160 valence electrons. The number of rotatable bonds is 7. The molecule has 1 aliphatic rings. The molecule has 0 spiro atoms. The van der Waals surface area contributed by atoms with Crippen molar-refractivity contribution in [3.63, 3.8) is 0 Å². The van der Waals surface area contributed by atoms with E-state index in [0.29, 0.717) is 42.5 Å². The Morgan fingerprint density at radius 2 is 2.03 bits per heavy atom. The highest BCUT2D eigenvalue weighted by atomic mass is 35.5. The van der Waals surface area contributed by atoms with Crippen LogP contribution in [0.15, 0.2) is 48.5 Å². The van der Waals surface area contributed by atoms with Crippen LogP contribution in [0, 0.1) is 0 Å². The standard InChI is InChI=1S/C22H26ClN3O4/c1-29-21(27)17-7-8-19(23)20(13-17)25-10-9-18-14-26(12-11-24-18)22(28)30-15-16-5-3-2-4-6-16/h2-8,13,18,24-25H,9-12,14-15H2,1H3/t18-/m1/s1. The summed E-state index contributed by atoms with van der Waals surface area (Å²) in [6.07, 6.45) is 0.480. The van der Waals surface area contributed by atoms with Gasteiger partial charge >= 0.3 is 12.1 Å². The Balaban J connectivity index is 1.46. The second-order valence-corrected chi connectivity index (χ2v) is 7.45. The largest absolute Gasteiger partial charge is 0.465 e. The monoisotopic (exact) mass is 431 g/mol. The second-order valence-electron chi connectivity index (χ2n) is 7.04. The van der Waals surface area contributed by atoms with Gasteiger partial charge in [0.2, 0.25) is 0 Å². The molecule has 0 saturated carbocycles. The molecule has 0 radical (unpaired) electrons. The van der Waals surface area contributed by atoms with Crippen LogP contribution in [-0.2, 0) is 16.1 Å². The number of methoxy groups -OCH3 is 1. The molecule has 0 aromatic heterocycles. The van der Waals surface area contributed by atoms with Crippen LogP contribution in [0.1, 0.15) is 22.3 Å². The fourth-order valence-corrected chi connectivity index (χ4v) is 3.47. The van der Waals surface area contributed by atoms with Crippen molar-refractivity contribution in [1.29, 1.82) is 0 Å². The maximum Gasteiger partial charge on any atom is 0.410 e. The quantitative estimate of drug-likeness (QED) is 0.653. The first-order chi connectivity index (χ1) is 14.6. The number of piperazine rings is 1. The number of amides is 1. The Labute approximate surface area is 181 Å². The minimum Gasteiger partial charge on any atom is -0.465 e. The van der Waals surface area contributed by atoms with Crippen molar-refractivity contribution in [3.05, 3.63) is 64.7 Å². The van der Waals surface area contributed by atoms with E-state index in [-0.39, 0.29) is 18.7 Å². The molecule has 1 amide bonds. The first-order valence-corrected chi connectivity index (χ1v) is 10.3. The van der Waals surface area contributed by atoms with E-state index in [2.05, 4.69) is 10.6 Å². The predicted octanol–water partition coefficient (Wildman–Crippen LogP) is 3.54. The van der Waals surface area contributed by atoms with Crippen molar-refractivity contribution in [2.45, 2.75) is 19.1 Å². The molecule has 1 heterocycles. The summed E-state index contributed by atoms with van der Waals surface area (Å²) in [7, 11) is 1.34. The number of anilines is 1. The van der Waals surface area contributed by atoms with Gasteiger partial charge < -0.3 is 25.0 Å². The van der Waals surface area contributed by atoms with Gasteiger partial charge in [-0.25, -0.2) is 9.59 Å². The highest BCUT2D eigenvalue weighted by Crippen LogP contribution is 2.23. The van der Waals surface area contributed by atoms with Gasteiger partial charge in [-0.3, -0.25) is 0 Å². The fraction of sp³-hybridized carbons (Fsp3) is 0.364. The molecule has 1 aliphatic heterocycles. The maximum atomic E-state index is 12.4. The first kappa shape index (κ1) is 21.9. The smallest absolute Gasteiger partial charge is 0.410 e. The summed E-state index contributed by atoms with van der Waals surface area (Å²) < 4.78 is 10.2. The van der Waals surface area contributed by atoms with Gasteiger partial charge in [-0.05, 0) is 30.2 Å². The summed E-state index contributed by atoms with van der Waals surface area (Å²) in [6, 6.07) is 14.7. The van der Waals surface area contributed by atoms with E-state index in [1.807, 2.05) is 30.3 Å². The molecule has 8 heteroatoms. The minimum atomic E-state index is -0.409. The van der Waals surface area contributed by atoms with Crippen molar-refractivity contribution >= 4 is 29.4 Å². The van der Waals surface area contributed by atoms with Gasteiger partial charge in [0, 0.05) is 32.2 Å². The van der Waals surface area contributed by atoms with Gasteiger partial charge in [0.1, 0.15) is 6.61 Å². The van der Waals surface area contributed by atoms with Gasteiger partial charge in [0.25, 0.3) is 0 Å². The van der Waals surface area contributed by atoms with Crippen LogP contribution in [0.2, 0.25) is 5.02 Å². The Kier molecular flexibility index (Phi) is 7.93. The van der Waals surface area contributed by atoms with Crippen molar-refractivity contribution in [2.75, 3.05) is 38.6 Å². The Morgan fingerprint density at radius 1 is 1.23 bits per heavy atom. The number of carbonyl (C=O) groups excluding carboxylic acids is 2. The zero-order valence-corrected chi connectivity index (χ0v) is 17.7. The van der Waals surface area contributed by atoms with E-state index in [1.165, 1.54) is 7.11 Å². The van der Waals surface area contributed by atoms with Gasteiger partial charge in [-0.2, -0.15) is 0 Å². The molecule has 1 saturated heterocycles. The molecular weight excluding hydrogens is 406 g/mol. The molecule has 7 nitrogen and oxygen atoms in total. The Morgan fingerprint density at radius 3 is 2.80 bits per heavy atom. The highest BCUT2D eigenvalue weighted by molar-refractivity contribution is 6.33. The van der Waals surface area contributed by atoms with E-state index in [4.69, 9.17) is 21.1 Å². The summed E-state index contributed by atoms with van der Waals surface area (Å²) >= 11 is 6.22. The van der Waals surface area contributed by atoms with Crippen molar-refractivity contribution in [3.8, 4) is 0 Å². The Bertz CT molecular complexity index is 863. The lowest BCUT2D eigenvalue weighted by molar-refractivity contribution is 0.0600. The maximum absolute atomic E-state index is 12.4. The van der Waals surface area contributed by atoms with E-state index >= 15 is 0 Å². The molecular formula is C22H26ClN3O4. The molecule has 0 bridgehead atoms. The lowest BCUT2D eigenvalue weighted by atomic mass is 10.1. The SMILES string of the molecule is COC(=O)c1ccc(Cl)c(NCC[C@@H]2CN(C(=O)OCc3ccccc3)CCN2)c1. The third-order valence-corrected chi connectivity index (χ3v) is 5.24. The normalized spacial score (nSPS) is 16.1. The summed E-state index contributed by atoms with van der Waals surface area (Å²) in [5.74, 6) is -0.409. The number of esters is 1. The number of nitrogens with zero attached hydrogens (tertiary/aromatic N) is 1. The van der Waals surface area contributed by atoms with E-state index in [0.717, 1.165) is 12.0 Å². The molecule has 2 N–H and O–H groups in total. The van der Waals surface area contributed by atoms with Gasteiger partial charge in [-0.1, -0.05) is 41.9 Å². The molecule has 0 unspecified atom stereocenters. The topological polar surface area (TPSA) is 79.9 Å². The number of benzene rings is 2. The zero-order valence-electron chi connectivity index (χ0n) is 16.9. The first-order valence-electron chi connectivity index (χ1n) is 9.87. The third kappa shape index (κ3) is 6.11. The number of carbonyl (C=O) groups is 2. The lowest BCUT2D eigenvalue weighted by Crippen LogP contribution is -2.53. The summed E-state index contributed by atoms with van der Waals surface area (Å²) in [5, 5.41) is 7.21. The summed E-state index contributed by atoms with van der Waals surface area (Å²) in [5.41, 5.74) is 2.08. The number of halogens is 1. The van der Waals surface area contributed by atoms with Crippen molar-refractivity contribution < 1.29 is 19.1 Å². The lowest BCUT2D eigenvalue weighted by Gasteiger charge is -2.33.